The van der Waals surface area contributed by atoms with Crippen molar-refractivity contribution in [3.8, 4) is 0 Å². The third kappa shape index (κ3) is 4.42. The number of carbonyl (C=O) groups is 1. The Balaban J connectivity index is 1.60. The molecule has 1 unspecified atom stereocenters. The predicted molar refractivity (Wildman–Crippen MR) is 109 cm³/mol. The number of anilines is 2. The van der Waals surface area contributed by atoms with Crippen LogP contribution in [0.4, 0.5) is 15.8 Å². The molecule has 1 heterocycles. The molecule has 0 aliphatic carbocycles. The molecular weight excluding hydrogens is 365 g/mol. The second-order valence-corrected chi connectivity index (χ2v) is 7.44. The highest BCUT2D eigenvalue weighted by Crippen LogP contribution is 2.25. The van der Waals surface area contributed by atoms with Gasteiger partial charge in [-0.05, 0) is 56.2 Å². The number of amides is 1. The molecule has 1 aliphatic heterocycles. The first-order chi connectivity index (χ1) is 12.9. The molecule has 3 rings (SSSR count). The number of aryl methyl sites for hydroxylation is 1. The molecule has 4 nitrogen and oxygen atoms in total. The van der Waals surface area contributed by atoms with Crippen molar-refractivity contribution < 1.29 is 9.18 Å². The monoisotopic (exact) mass is 389 g/mol. The van der Waals surface area contributed by atoms with Crippen LogP contribution in [0.3, 0.4) is 0 Å². The van der Waals surface area contributed by atoms with E-state index >= 15 is 0 Å². The van der Waals surface area contributed by atoms with Crippen molar-refractivity contribution in [3.05, 3.63) is 58.4 Å². The molecule has 2 aromatic carbocycles. The second kappa shape index (κ2) is 8.28. The number of nitrogens with zero attached hydrogens (tertiary/aromatic N) is 2. The van der Waals surface area contributed by atoms with Crippen LogP contribution >= 0.6 is 11.6 Å². The lowest BCUT2D eigenvalue weighted by Crippen LogP contribution is -2.53. The van der Waals surface area contributed by atoms with Crippen LogP contribution < -0.4 is 10.2 Å². The maximum absolute atomic E-state index is 13.2. The van der Waals surface area contributed by atoms with Gasteiger partial charge in [-0.3, -0.25) is 9.69 Å². The van der Waals surface area contributed by atoms with E-state index < -0.39 is 5.82 Å². The Kier molecular flexibility index (Phi) is 6.02. The van der Waals surface area contributed by atoms with Gasteiger partial charge < -0.3 is 10.2 Å². The summed E-state index contributed by atoms with van der Waals surface area (Å²) < 4.78 is 13.2. The number of piperazine rings is 1. The molecule has 1 fully saturated rings. The summed E-state index contributed by atoms with van der Waals surface area (Å²) in [4.78, 5) is 17.1. The highest BCUT2D eigenvalue weighted by Gasteiger charge is 2.26. The molecule has 1 atom stereocenters. The van der Waals surface area contributed by atoms with Crippen molar-refractivity contribution in [2.75, 3.05) is 36.4 Å². The summed E-state index contributed by atoms with van der Waals surface area (Å²) >= 11 is 6.00. The van der Waals surface area contributed by atoms with Crippen molar-refractivity contribution >= 4 is 28.9 Å². The highest BCUT2D eigenvalue weighted by molar-refractivity contribution is 6.33. The van der Waals surface area contributed by atoms with E-state index in [0.29, 0.717) is 5.69 Å². The Morgan fingerprint density at radius 3 is 2.52 bits per heavy atom. The fourth-order valence-corrected chi connectivity index (χ4v) is 3.64. The summed E-state index contributed by atoms with van der Waals surface area (Å²) in [5.74, 6) is -0.558. The van der Waals surface area contributed by atoms with Gasteiger partial charge in [0, 0.05) is 31.9 Å². The van der Waals surface area contributed by atoms with Gasteiger partial charge in [0.15, 0.2) is 0 Å². The average Bonchev–Trinajstić information content (AvgIpc) is 2.66. The van der Waals surface area contributed by atoms with Gasteiger partial charge in [0.05, 0.1) is 16.8 Å². The largest absolute Gasteiger partial charge is 0.369 e. The average molecular weight is 390 g/mol. The number of rotatable bonds is 4. The first kappa shape index (κ1) is 19.6. The number of benzene rings is 2. The maximum atomic E-state index is 13.2. The Morgan fingerprint density at radius 2 is 1.85 bits per heavy atom. The fourth-order valence-electron chi connectivity index (χ4n) is 3.42. The molecule has 0 radical (unpaired) electrons. The van der Waals surface area contributed by atoms with E-state index in [4.69, 9.17) is 11.6 Å². The standard InChI is InChI=1S/C21H25ClFN3O/c1-14-5-4-6-20(15(14)2)26-11-9-25(10-12-26)16(3)21(27)24-19-8-7-17(23)13-18(19)22/h4-8,13,16H,9-12H2,1-3H3,(H,24,27). The number of carbonyl (C=O) groups excluding carboxylic acids is 1. The summed E-state index contributed by atoms with van der Waals surface area (Å²) in [6.07, 6.45) is 0. The topological polar surface area (TPSA) is 35.6 Å². The minimum absolute atomic E-state index is 0.135. The number of hydrogen-bond donors (Lipinski definition) is 1. The SMILES string of the molecule is Cc1cccc(N2CCN(C(C)C(=O)Nc3ccc(F)cc3Cl)CC2)c1C. The van der Waals surface area contributed by atoms with Gasteiger partial charge in [-0.1, -0.05) is 23.7 Å². The summed E-state index contributed by atoms with van der Waals surface area (Å²) in [6, 6.07) is 10.1. The Bertz CT molecular complexity index is 834. The van der Waals surface area contributed by atoms with Crippen LogP contribution in [0.2, 0.25) is 5.02 Å². The molecule has 0 spiro atoms. The smallest absolute Gasteiger partial charge is 0.241 e. The van der Waals surface area contributed by atoms with Gasteiger partial charge in [0.1, 0.15) is 5.82 Å². The van der Waals surface area contributed by atoms with Crippen LogP contribution in [0, 0.1) is 19.7 Å². The zero-order valence-corrected chi connectivity index (χ0v) is 16.7. The number of hydrogen-bond acceptors (Lipinski definition) is 3. The Labute approximate surface area is 164 Å². The van der Waals surface area contributed by atoms with E-state index in [2.05, 4.69) is 47.2 Å². The van der Waals surface area contributed by atoms with E-state index in [1.165, 1.54) is 35.0 Å². The van der Waals surface area contributed by atoms with Crippen LogP contribution in [0.25, 0.3) is 0 Å². The predicted octanol–water partition coefficient (Wildman–Crippen LogP) is 4.25. The zero-order chi connectivity index (χ0) is 19.6. The molecule has 1 N–H and O–H groups in total. The number of nitrogens with one attached hydrogen (secondary N) is 1. The van der Waals surface area contributed by atoms with E-state index in [1.54, 1.807) is 0 Å². The van der Waals surface area contributed by atoms with Crippen LogP contribution in [0.5, 0.6) is 0 Å². The minimum Gasteiger partial charge on any atom is -0.369 e. The van der Waals surface area contributed by atoms with Crippen LogP contribution in [0.15, 0.2) is 36.4 Å². The van der Waals surface area contributed by atoms with E-state index in [1.807, 2.05) is 6.92 Å². The molecule has 0 saturated carbocycles. The highest BCUT2D eigenvalue weighted by atomic mass is 35.5. The van der Waals surface area contributed by atoms with E-state index in [9.17, 15) is 9.18 Å². The lowest BCUT2D eigenvalue weighted by molar-refractivity contribution is -0.120. The molecule has 1 amide bonds. The summed E-state index contributed by atoms with van der Waals surface area (Å²) in [5, 5.41) is 3.01. The van der Waals surface area contributed by atoms with E-state index in [0.717, 1.165) is 26.2 Å². The lowest BCUT2D eigenvalue weighted by Gasteiger charge is -2.39. The lowest BCUT2D eigenvalue weighted by atomic mass is 10.1. The van der Waals surface area contributed by atoms with Crippen molar-refractivity contribution in [1.29, 1.82) is 0 Å². The maximum Gasteiger partial charge on any atom is 0.241 e. The summed E-state index contributed by atoms with van der Waals surface area (Å²) in [6.45, 7) is 9.53. The van der Waals surface area contributed by atoms with Crippen molar-refractivity contribution in [2.45, 2.75) is 26.8 Å². The van der Waals surface area contributed by atoms with Gasteiger partial charge in [-0.25, -0.2) is 4.39 Å². The van der Waals surface area contributed by atoms with Gasteiger partial charge >= 0.3 is 0 Å². The molecule has 1 saturated heterocycles. The molecule has 0 bridgehead atoms. The Hall–Kier alpha value is -2.11. The van der Waals surface area contributed by atoms with Crippen molar-refractivity contribution in [3.63, 3.8) is 0 Å². The van der Waals surface area contributed by atoms with Crippen molar-refractivity contribution in [2.24, 2.45) is 0 Å². The van der Waals surface area contributed by atoms with Crippen LogP contribution in [0.1, 0.15) is 18.1 Å². The third-order valence-electron chi connectivity index (χ3n) is 5.35. The van der Waals surface area contributed by atoms with Gasteiger partial charge in [-0.15, -0.1) is 0 Å². The van der Waals surface area contributed by atoms with E-state index in [-0.39, 0.29) is 17.0 Å². The molecule has 1 aliphatic rings. The van der Waals surface area contributed by atoms with Gasteiger partial charge in [0.2, 0.25) is 5.91 Å². The summed E-state index contributed by atoms with van der Waals surface area (Å²) in [7, 11) is 0. The minimum atomic E-state index is -0.423. The van der Waals surface area contributed by atoms with Gasteiger partial charge in [0.25, 0.3) is 0 Å². The zero-order valence-electron chi connectivity index (χ0n) is 15.9. The second-order valence-electron chi connectivity index (χ2n) is 7.03. The molecule has 0 aromatic heterocycles. The number of halogens is 2. The first-order valence-corrected chi connectivity index (χ1v) is 9.55. The molecule has 6 heteroatoms. The molecule has 144 valence electrons. The summed E-state index contributed by atoms with van der Waals surface area (Å²) in [5.41, 5.74) is 4.30. The Morgan fingerprint density at radius 1 is 1.15 bits per heavy atom. The van der Waals surface area contributed by atoms with Crippen LogP contribution in [-0.4, -0.2) is 43.0 Å². The van der Waals surface area contributed by atoms with Crippen molar-refractivity contribution in [1.82, 2.24) is 4.90 Å². The molecule has 2 aromatic rings. The normalized spacial score (nSPS) is 16.3. The fraction of sp³-hybridized carbons (Fsp3) is 0.381. The van der Waals surface area contributed by atoms with Gasteiger partial charge in [-0.2, -0.15) is 0 Å². The first-order valence-electron chi connectivity index (χ1n) is 9.18. The molecular formula is C21H25ClFN3O. The third-order valence-corrected chi connectivity index (χ3v) is 5.66. The molecule has 27 heavy (non-hydrogen) atoms. The quantitative estimate of drug-likeness (QED) is 0.849. The van der Waals surface area contributed by atoms with Crippen LogP contribution in [-0.2, 0) is 4.79 Å².